The van der Waals surface area contributed by atoms with Crippen LogP contribution in [0.3, 0.4) is 0 Å². The van der Waals surface area contributed by atoms with Gasteiger partial charge in [0.15, 0.2) is 0 Å². The van der Waals surface area contributed by atoms with Crippen molar-refractivity contribution in [3.8, 4) is 0 Å². The Kier molecular flexibility index (Phi) is 2.80. The lowest BCUT2D eigenvalue weighted by Gasteiger charge is -2.45. The molecular weight excluding hydrogens is 256 g/mol. The Morgan fingerprint density at radius 2 is 2.00 bits per heavy atom. The van der Waals surface area contributed by atoms with Crippen molar-refractivity contribution in [1.29, 1.82) is 0 Å². The Hall–Kier alpha value is -0.870. The maximum Gasteiger partial charge on any atom is 0.242 e. The number of benzene rings is 1. The van der Waals surface area contributed by atoms with Crippen LogP contribution in [0, 0.1) is 0 Å². The molecule has 0 bridgehead atoms. The molecule has 3 nitrogen and oxygen atoms in total. The number of nitrogens with two attached hydrogens (primary N) is 1. The van der Waals surface area contributed by atoms with E-state index < -0.39 is 0 Å². The zero-order valence-corrected chi connectivity index (χ0v) is 10.1. The predicted octanol–water partition coefficient (Wildman–Crippen LogP) is 1.68. The van der Waals surface area contributed by atoms with E-state index in [2.05, 4.69) is 15.9 Å². The molecule has 0 aromatic heterocycles. The van der Waals surface area contributed by atoms with Gasteiger partial charge in [-0.15, -0.1) is 0 Å². The summed E-state index contributed by atoms with van der Waals surface area (Å²) in [7, 11) is 0. The molecule has 80 valence electrons. The number of β-lactam (4-membered cyclic amide) rings is 1. The monoisotopic (exact) mass is 268 g/mol. The second kappa shape index (κ2) is 3.94. The van der Waals surface area contributed by atoms with Gasteiger partial charge in [-0.05, 0) is 24.6 Å². The van der Waals surface area contributed by atoms with E-state index in [1.165, 1.54) is 0 Å². The number of rotatable bonds is 2. The van der Waals surface area contributed by atoms with Gasteiger partial charge in [-0.1, -0.05) is 28.1 Å². The van der Waals surface area contributed by atoms with Crippen molar-refractivity contribution in [3.05, 3.63) is 34.3 Å². The van der Waals surface area contributed by atoms with Crippen LogP contribution in [-0.4, -0.2) is 23.4 Å². The summed E-state index contributed by atoms with van der Waals surface area (Å²) < 4.78 is 1.04. The van der Waals surface area contributed by atoms with Crippen LogP contribution < -0.4 is 5.73 Å². The molecule has 1 fully saturated rings. The largest absolute Gasteiger partial charge is 0.332 e. The van der Waals surface area contributed by atoms with E-state index >= 15 is 0 Å². The fourth-order valence-corrected chi connectivity index (χ4v) is 2.24. The zero-order chi connectivity index (χ0) is 11.0. The minimum absolute atomic E-state index is 0.0467. The molecular formula is C11H13BrN2O. The molecule has 1 aromatic rings. The lowest BCUT2D eigenvalue weighted by Crippen LogP contribution is -2.62. The molecule has 1 aromatic carbocycles. The number of likely N-dealkylation sites (tertiary alicyclic amines) is 1. The summed E-state index contributed by atoms with van der Waals surface area (Å²) in [5.74, 6) is 0.0467. The van der Waals surface area contributed by atoms with Crippen LogP contribution in [0.1, 0.15) is 18.5 Å². The number of carbonyl (C=O) groups is 1. The fraction of sp³-hybridized carbons (Fsp3) is 0.364. The van der Waals surface area contributed by atoms with Crippen molar-refractivity contribution in [1.82, 2.24) is 4.90 Å². The fourth-order valence-electron chi connectivity index (χ4n) is 1.98. The van der Waals surface area contributed by atoms with Crippen molar-refractivity contribution in [3.63, 3.8) is 0 Å². The van der Waals surface area contributed by atoms with Crippen molar-refractivity contribution in [2.24, 2.45) is 5.73 Å². The summed E-state index contributed by atoms with van der Waals surface area (Å²) in [5, 5.41) is 0. The normalized spacial score (nSPS) is 25.3. The van der Waals surface area contributed by atoms with Gasteiger partial charge in [0.25, 0.3) is 0 Å². The predicted molar refractivity (Wildman–Crippen MR) is 62.2 cm³/mol. The van der Waals surface area contributed by atoms with E-state index in [1.807, 2.05) is 31.2 Å². The van der Waals surface area contributed by atoms with Gasteiger partial charge < -0.3 is 10.6 Å². The van der Waals surface area contributed by atoms with Gasteiger partial charge in [0.1, 0.15) is 6.04 Å². The summed E-state index contributed by atoms with van der Waals surface area (Å²) in [6.07, 6.45) is 0. The van der Waals surface area contributed by atoms with Crippen LogP contribution in [-0.2, 0) is 4.79 Å². The Labute approximate surface area is 97.4 Å². The molecule has 2 atom stereocenters. The van der Waals surface area contributed by atoms with Crippen molar-refractivity contribution in [2.75, 3.05) is 6.54 Å². The summed E-state index contributed by atoms with van der Waals surface area (Å²) in [5.41, 5.74) is 6.90. The highest BCUT2D eigenvalue weighted by Gasteiger charge is 2.44. The first-order chi connectivity index (χ1) is 7.15. The zero-order valence-electron chi connectivity index (χ0n) is 8.48. The molecule has 0 spiro atoms. The van der Waals surface area contributed by atoms with E-state index in [0.717, 1.165) is 10.0 Å². The molecule has 1 aliphatic heterocycles. The molecule has 0 aliphatic carbocycles. The van der Waals surface area contributed by atoms with Gasteiger partial charge in [-0.2, -0.15) is 0 Å². The number of nitrogens with zero attached hydrogens (tertiary/aromatic N) is 1. The smallest absolute Gasteiger partial charge is 0.242 e. The molecule has 1 saturated heterocycles. The summed E-state index contributed by atoms with van der Waals surface area (Å²) >= 11 is 3.38. The topological polar surface area (TPSA) is 46.3 Å². The van der Waals surface area contributed by atoms with Gasteiger partial charge >= 0.3 is 0 Å². The number of hydrogen-bond donors (Lipinski definition) is 1. The minimum atomic E-state index is -0.369. The summed E-state index contributed by atoms with van der Waals surface area (Å²) in [6.45, 7) is 2.68. The van der Waals surface area contributed by atoms with Crippen LogP contribution in [0.4, 0.5) is 0 Å². The van der Waals surface area contributed by atoms with E-state index in [4.69, 9.17) is 5.73 Å². The first-order valence-corrected chi connectivity index (χ1v) is 5.76. The van der Waals surface area contributed by atoms with Crippen LogP contribution in [0.15, 0.2) is 28.7 Å². The molecule has 1 heterocycles. The number of likely N-dealkylation sites (N-methyl/N-ethyl adjacent to an activating group) is 1. The van der Waals surface area contributed by atoms with Crippen molar-refractivity contribution >= 4 is 21.8 Å². The Morgan fingerprint density at radius 3 is 2.53 bits per heavy atom. The number of hydrogen-bond acceptors (Lipinski definition) is 2. The highest BCUT2D eigenvalue weighted by molar-refractivity contribution is 9.10. The third-order valence-corrected chi connectivity index (χ3v) is 3.33. The number of halogens is 1. The molecule has 0 radical (unpaired) electrons. The molecule has 1 aliphatic rings. The molecule has 1 amide bonds. The maximum atomic E-state index is 11.4. The average Bonchev–Trinajstić information content (AvgIpc) is 2.26. The minimum Gasteiger partial charge on any atom is -0.332 e. The Balaban J connectivity index is 2.24. The SMILES string of the molecule is CCN1C(=O)[C@H](N)[C@@H]1c1ccc(Br)cc1. The second-order valence-electron chi connectivity index (χ2n) is 3.65. The van der Waals surface area contributed by atoms with E-state index in [0.29, 0.717) is 6.54 Å². The third kappa shape index (κ3) is 1.68. The van der Waals surface area contributed by atoms with Crippen LogP contribution in [0.25, 0.3) is 0 Å². The Bertz CT molecular complexity index is 377. The standard InChI is InChI=1S/C11H13BrN2O/c1-2-14-10(9(13)11(14)15)7-3-5-8(12)6-4-7/h3-6,9-10H,2,13H2,1H3/t9-,10+/m1/s1. The van der Waals surface area contributed by atoms with Crippen LogP contribution in [0.2, 0.25) is 0 Å². The molecule has 15 heavy (non-hydrogen) atoms. The number of amides is 1. The molecule has 2 rings (SSSR count). The maximum absolute atomic E-state index is 11.4. The molecule has 2 N–H and O–H groups in total. The van der Waals surface area contributed by atoms with Gasteiger partial charge in [0, 0.05) is 11.0 Å². The first-order valence-electron chi connectivity index (χ1n) is 4.96. The summed E-state index contributed by atoms with van der Waals surface area (Å²) in [4.78, 5) is 13.2. The van der Waals surface area contributed by atoms with Gasteiger partial charge in [0.05, 0.1) is 6.04 Å². The van der Waals surface area contributed by atoms with Crippen molar-refractivity contribution < 1.29 is 4.79 Å². The quantitative estimate of drug-likeness (QED) is 0.830. The third-order valence-electron chi connectivity index (χ3n) is 2.80. The highest BCUT2D eigenvalue weighted by Crippen LogP contribution is 2.33. The second-order valence-corrected chi connectivity index (χ2v) is 4.56. The van der Waals surface area contributed by atoms with Crippen LogP contribution in [0.5, 0.6) is 0 Å². The van der Waals surface area contributed by atoms with Crippen LogP contribution >= 0.6 is 15.9 Å². The average molecular weight is 269 g/mol. The van der Waals surface area contributed by atoms with E-state index in [1.54, 1.807) is 4.90 Å². The van der Waals surface area contributed by atoms with E-state index in [9.17, 15) is 4.79 Å². The molecule has 0 unspecified atom stereocenters. The van der Waals surface area contributed by atoms with Gasteiger partial charge in [0.2, 0.25) is 5.91 Å². The molecule has 0 saturated carbocycles. The highest BCUT2D eigenvalue weighted by atomic mass is 79.9. The Morgan fingerprint density at radius 1 is 1.40 bits per heavy atom. The lowest BCUT2D eigenvalue weighted by molar-refractivity contribution is -0.149. The number of carbonyl (C=O) groups excluding carboxylic acids is 1. The lowest BCUT2D eigenvalue weighted by atomic mass is 9.89. The van der Waals surface area contributed by atoms with Gasteiger partial charge in [-0.3, -0.25) is 4.79 Å². The first kappa shape index (κ1) is 10.6. The summed E-state index contributed by atoms with van der Waals surface area (Å²) in [6, 6.07) is 7.63. The van der Waals surface area contributed by atoms with E-state index in [-0.39, 0.29) is 18.0 Å². The van der Waals surface area contributed by atoms with Crippen molar-refractivity contribution in [2.45, 2.75) is 19.0 Å². The van der Waals surface area contributed by atoms with Gasteiger partial charge in [-0.25, -0.2) is 0 Å². The molecule has 4 heteroatoms.